The zero-order chi connectivity index (χ0) is 21.9. The van der Waals surface area contributed by atoms with E-state index in [2.05, 4.69) is 22.5 Å². The molecule has 5 heteroatoms. The molecule has 5 aliphatic rings. The highest BCUT2D eigenvalue weighted by Crippen LogP contribution is 2.56. The van der Waals surface area contributed by atoms with Gasteiger partial charge < -0.3 is 15.2 Å². The van der Waals surface area contributed by atoms with Gasteiger partial charge >= 0.3 is 0 Å². The molecule has 3 unspecified atom stereocenters. The van der Waals surface area contributed by atoms with Gasteiger partial charge in [-0.3, -0.25) is 9.78 Å². The summed E-state index contributed by atoms with van der Waals surface area (Å²) in [5.41, 5.74) is 4.12. The van der Waals surface area contributed by atoms with Gasteiger partial charge in [0.05, 0.1) is 29.7 Å². The van der Waals surface area contributed by atoms with Crippen LogP contribution in [-0.4, -0.2) is 34.6 Å². The third-order valence-electron chi connectivity index (χ3n) is 8.19. The number of allylic oxidation sites excluding steroid dienone is 1. The van der Waals surface area contributed by atoms with Crippen LogP contribution in [-0.2, 0) is 12.8 Å². The summed E-state index contributed by atoms with van der Waals surface area (Å²) in [5.74, 6) is 2.38. The number of carbonyl (C=O) groups is 1. The monoisotopic (exact) mass is 430 g/mol. The molecule has 1 aromatic heterocycles. The number of hydrogen-bond donors (Lipinski definition) is 2. The van der Waals surface area contributed by atoms with E-state index in [-0.39, 0.29) is 12.2 Å². The molecule has 0 saturated heterocycles. The lowest BCUT2D eigenvalue weighted by Gasteiger charge is -2.58. The van der Waals surface area contributed by atoms with E-state index in [4.69, 9.17) is 4.74 Å². The minimum atomic E-state index is -0.461. The number of Topliss-reactive ketones (excluding diaryl/α,β-unsaturated/α-hetero) is 1. The van der Waals surface area contributed by atoms with Gasteiger partial charge in [0.25, 0.3) is 0 Å². The van der Waals surface area contributed by atoms with E-state index >= 15 is 0 Å². The number of aliphatic hydroxyl groups is 1. The van der Waals surface area contributed by atoms with Crippen LogP contribution in [0.2, 0.25) is 0 Å². The van der Waals surface area contributed by atoms with Crippen LogP contribution < -0.4 is 10.1 Å². The van der Waals surface area contributed by atoms with Crippen molar-refractivity contribution in [3.05, 3.63) is 58.9 Å². The molecule has 32 heavy (non-hydrogen) atoms. The lowest BCUT2D eigenvalue weighted by atomic mass is 9.52. The second kappa shape index (κ2) is 7.45. The van der Waals surface area contributed by atoms with Crippen molar-refractivity contribution in [3.63, 3.8) is 0 Å². The number of aromatic nitrogens is 1. The number of ketones is 1. The molecule has 5 nitrogen and oxygen atoms in total. The first-order chi connectivity index (χ1) is 15.5. The number of pyridine rings is 1. The Kier molecular flexibility index (Phi) is 4.65. The quantitative estimate of drug-likeness (QED) is 0.663. The Morgan fingerprint density at radius 2 is 2.00 bits per heavy atom. The Balaban J connectivity index is 1.33. The molecule has 5 atom stereocenters. The molecule has 0 spiro atoms. The van der Waals surface area contributed by atoms with Crippen LogP contribution in [0.5, 0.6) is 5.75 Å². The molecule has 0 radical (unpaired) electrons. The van der Waals surface area contributed by atoms with E-state index in [1.807, 2.05) is 24.3 Å². The molecule has 2 aromatic rings. The highest BCUT2D eigenvalue weighted by Gasteiger charge is 2.54. The lowest BCUT2D eigenvalue weighted by Crippen LogP contribution is -2.59. The average Bonchev–Trinajstić information content (AvgIpc) is 3.24. The number of carbonyl (C=O) groups excluding carboxylic acids is 1. The second-order valence-corrected chi connectivity index (χ2v) is 10.3. The van der Waals surface area contributed by atoms with Gasteiger partial charge in [0.2, 0.25) is 0 Å². The standard InChI is InChI=1S/C27H30N2O3/c1-32-24-8-3-2-5-17(24)11-23(30)21-15-28-22-7-4-6-20(22)26(21)29-25-18-9-16-10-19(25)14-27(31,12-16)13-18/h2-6,8,15-16,18-19,25,31H,7,9-14H2,1H3,(H,28,29)/t16?,18-,19+,25?,27?. The van der Waals surface area contributed by atoms with Crippen molar-refractivity contribution in [2.75, 3.05) is 12.4 Å². The van der Waals surface area contributed by atoms with Crippen LogP contribution in [0.25, 0.3) is 6.08 Å². The number of nitrogens with one attached hydrogen (secondary N) is 1. The molecule has 2 N–H and O–H groups in total. The highest BCUT2D eigenvalue weighted by atomic mass is 16.5. The van der Waals surface area contributed by atoms with Gasteiger partial charge in [-0.2, -0.15) is 0 Å². The molecule has 7 rings (SSSR count). The van der Waals surface area contributed by atoms with E-state index < -0.39 is 5.60 Å². The van der Waals surface area contributed by atoms with Gasteiger partial charge in [0.15, 0.2) is 5.78 Å². The van der Waals surface area contributed by atoms with Gasteiger partial charge in [0, 0.05) is 36.2 Å². The number of para-hydroxylation sites is 1. The summed E-state index contributed by atoms with van der Waals surface area (Å²) < 4.78 is 5.46. The number of methoxy groups -OCH3 is 1. The molecule has 4 bridgehead atoms. The lowest BCUT2D eigenvalue weighted by molar-refractivity contribution is -0.129. The molecular formula is C27H30N2O3. The van der Waals surface area contributed by atoms with Crippen molar-refractivity contribution in [2.45, 2.75) is 56.6 Å². The van der Waals surface area contributed by atoms with Crippen molar-refractivity contribution < 1.29 is 14.6 Å². The molecule has 0 amide bonds. The normalized spacial score (nSPS) is 31.6. The Bertz CT molecular complexity index is 1090. The highest BCUT2D eigenvalue weighted by molar-refractivity contribution is 6.04. The van der Waals surface area contributed by atoms with E-state index in [1.165, 1.54) is 12.8 Å². The molecule has 1 aromatic carbocycles. The van der Waals surface area contributed by atoms with E-state index in [9.17, 15) is 9.90 Å². The molecule has 1 heterocycles. The summed E-state index contributed by atoms with van der Waals surface area (Å²) in [4.78, 5) is 18.1. The summed E-state index contributed by atoms with van der Waals surface area (Å²) in [6, 6.07) is 8.01. The van der Waals surface area contributed by atoms with Gasteiger partial charge in [-0.05, 0) is 55.9 Å². The Hall–Kier alpha value is -2.66. The topological polar surface area (TPSA) is 71.5 Å². The number of benzene rings is 1. The van der Waals surface area contributed by atoms with E-state index in [0.717, 1.165) is 53.9 Å². The maximum atomic E-state index is 13.5. The number of rotatable bonds is 6. The Labute approximate surface area is 188 Å². The number of fused-ring (bicyclic) bond motifs is 1. The number of hydrogen-bond acceptors (Lipinski definition) is 5. The smallest absolute Gasteiger partial charge is 0.171 e. The Morgan fingerprint density at radius 1 is 1.22 bits per heavy atom. The summed E-state index contributed by atoms with van der Waals surface area (Å²) in [6.45, 7) is 0. The van der Waals surface area contributed by atoms with Crippen molar-refractivity contribution in [1.29, 1.82) is 0 Å². The predicted octanol–water partition coefficient (Wildman–Crippen LogP) is 4.44. The van der Waals surface area contributed by atoms with Crippen LogP contribution in [0.3, 0.4) is 0 Å². The van der Waals surface area contributed by atoms with Crippen molar-refractivity contribution in [2.24, 2.45) is 17.8 Å². The van der Waals surface area contributed by atoms with Gasteiger partial charge in [-0.25, -0.2) is 0 Å². The summed E-state index contributed by atoms with van der Waals surface area (Å²) in [6.07, 6.45) is 12.2. The van der Waals surface area contributed by atoms with Crippen LogP contribution >= 0.6 is 0 Å². The molecule has 166 valence electrons. The fourth-order valence-corrected chi connectivity index (χ4v) is 7.06. The molecular weight excluding hydrogens is 400 g/mol. The fourth-order valence-electron chi connectivity index (χ4n) is 7.06. The molecule has 5 aliphatic carbocycles. The maximum absolute atomic E-state index is 13.5. The summed E-state index contributed by atoms with van der Waals surface area (Å²) in [5, 5.41) is 14.8. The molecule has 4 saturated carbocycles. The Morgan fingerprint density at radius 3 is 2.75 bits per heavy atom. The van der Waals surface area contributed by atoms with Crippen molar-refractivity contribution >= 4 is 17.5 Å². The largest absolute Gasteiger partial charge is 0.496 e. The summed E-state index contributed by atoms with van der Waals surface area (Å²) >= 11 is 0. The number of ether oxygens (including phenoxy) is 1. The minimum Gasteiger partial charge on any atom is -0.496 e. The number of nitrogens with zero attached hydrogens (tertiary/aromatic N) is 1. The van der Waals surface area contributed by atoms with Gasteiger partial charge in [0.1, 0.15) is 5.75 Å². The van der Waals surface area contributed by atoms with Crippen molar-refractivity contribution in [3.8, 4) is 5.75 Å². The van der Waals surface area contributed by atoms with Crippen LogP contribution in [0, 0.1) is 17.8 Å². The first-order valence-electron chi connectivity index (χ1n) is 11.9. The van der Waals surface area contributed by atoms with Crippen LogP contribution in [0.4, 0.5) is 5.69 Å². The first kappa shape index (κ1) is 20.0. The van der Waals surface area contributed by atoms with E-state index in [1.54, 1.807) is 13.3 Å². The molecule has 4 fully saturated rings. The second-order valence-electron chi connectivity index (χ2n) is 10.3. The summed E-state index contributed by atoms with van der Waals surface area (Å²) in [7, 11) is 1.64. The minimum absolute atomic E-state index is 0.0510. The fraction of sp³-hybridized carbons (Fsp3) is 0.481. The van der Waals surface area contributed by atoms with Gasteiger partial charge in [-0.1, -0.05) is 30.4 Å². The predicted molar refractivity (Wildman–Crippen MR) is 124 cm³/mol. The maximum Gasteiger partial charge on any atom is 0.171 e. The van der Waals surface area contributed by atoms with Crippen molar-refractivity contribution in [1.82, 2.24) is 4.98 Å². The third-order valence-corrected chi connectivity index (χ3v) is 8.19. The van der Waals surface area contributed by atoms with E-state index in [0.29, 0.717) is 29.4 Å². The number of anilines is 1. The zero-order valence-corrected chi connectivity index (χ0v) is 18.5. The third kappa shape index (κ3) is 3.25. The van der Waals surface area contributed by atoms with Crippen LogP contribution in [0.15, 0.2) is 36.5 Å². The first-order valence-corrected chi connectivity index (χ1v) is 11.9. The SMILES string of the molecule is COc1ccccc1CC(=O)c1cnc2c(c1NC1[C@@H]3CC4C[C@H]1CC(O)(C4)C3)C=CC2. The average molecular weight is 431 g/mol. The van der Waals surface area contributed by atoms with Crippen LogP contribution in [0.1, 0.15) is 59.3 Å². The molecule has 0 aliphatic heterocycles. The van der Waals surface area contributed by atoms with Gasteiger partial charge in [-0.15, -0.1) is 0 Å². The zero-order valence-electron chi connectivity index (χ0n) is 18.5.